The molecule has 1 rings (SSSR count). The van der Waals surface area contributed by atoms with Gasteiger partial charge in [-0.3, -0.25) is 0 Å². The minimum absolute atomic E-state index is 0.660. The van der Waals surface area contributed by atoms with Crippen molar-refractivity contribution < 1.29 is 4.79 Å². The third-order valence-electron chi connectivity index (χ3n) is 3.49. The van der Waals surface area contributed by atoms with Gasteiger partial charge in [-0.1, -0.05) is 51.5 Å². The number of isocyanates is 1. The minimum atomic E-state index is 0.660. The maximum absolute atomic E-state index is 10.3. The number of unbranched alkanes of at least 4 members (excludes halogenated alkanes) is 6. The van der Waals surface area contributed by atoms with Crippen LogP contribution >= 0.6 is 0 Å². The number of rotatable bonds is 10. The summed E-state index contributed by atoms with van der Waals surface area (Å²) in [5.41, 5.74) is 2.90. The molecule has 1 N–H and O–H groups in total. The Morgan fingerprint density at radius 2 is 1.80 bits per heavy atom. The summed E-state index contributed by atoms with van der Waals surface area (Å²) in [6.07, 6.45) is 10.8. The van der Waals surface area contributed by atoms with Crippen molar-refractivity contribution in [2.24, 2.45) is 4.99 Å². The van der Waals surface area contributed by atoms with E-state index in [1.807, 2.05) is 18.2 Å². The van der Waals surface area contributed by atoms with Crippen molar-refractivity contribution in [3.63, 3.8) is 0 Å². The highest BCUT2D eigenvalue weighted by molar-refractivity contribution is 5.61. The summed E-state index contributed by atoms with van der Waals surface area (Å²) in [4.78, 5) is 13.9. The van der Waals surface area contributed by atoms with Gasteiger partial charge in [-0.2, -0.15) is 4.99 Å². The lowest BCUT2D eigenvalue weighted by Crippen LogP contribution is -2.02. The summed E-state index contributed by atoms with van der Waals surface area (Å²) in [6, 6.07) is 5.71. The van der Waals surface area contributed by atoms with Gasteiger partial charge in [0.15, 0.2) is 0 Å². The van der Waals surface area contributed by atoms with Gasteiger partial charge in [0, 0.05) is 12.2 Å². The second kappa shape index (κ2) is 10.2. The van der Waals surface area contributed by atoms with Gasteiger partial charge in [-0.25, -0.2) is 4.79 Å². The molecule has 0 aliphatic rings. The molecule has 0 radical (unpaired) electrons. The SMILES string of the molecule is CCCCCCCCCNc1cc(N=C=O)ccc1C. The summed E-state index contributed by atoms with van der Waals surface area (Å²) in [6.45, 7) is 5.28. The van der Waals surface area contributed by atoms with Crippen molar-refractivity contribution in [1.82, 2.24) is 0 Å². The lowest BCUT2D eigenvalue weighted by Gasteiger charge is -2.10. The van der Waals surface area contributed by atoms with E-state index in [2.05, 4.69) is 24.2 Å². The van der Waals surface area contributed by atoms with E-state index in [9.17, 15) is 4.79 Å². The topological polar surface area (TPSA) is 41.5 Å². The number of anilines is 1. The van der Waals surface area contributed by atoms with E-state index in [0.717, 1.165) is 12.2 Å². The Morgan fingerprint density at radius 3 is 2.50 bits per heavy atom. The highest BCUT2D eigenvalue weighted by Gasteiger charge is 1.99. The van der Waals surface area contributed by atoms with Crippen LogP contribution in [0.3, 0.4) is 0 Å². The Balaban J connectivity index is 2.24. The van der Waals surface area contributed by atoms with E-state index in [0.29, 0.717) is 5.69 Å². The lowest BCUT2D eigenvalue weighted by atomic mass is 10.1. The smallest absolute Gasteiger partial charge is 0.240 e. The van der Waals surface area contributed by atoms with Crippen LogP contribution in [-0.4, -0.2) is 12.6 Å². The zero-order valence-electron chi connectivity index (χ0n) is 12.7. The first-order valence-electron chi connectivity index (χ1n) is 7.70. The molecule has 0 bridgehead atoms. The Morgan fingerprint density at radius 1 is 1.10 bits per heavy atom. The fourth-order valence-corrected chi connectivity index (χ4v) is 2.23. The molecule has 0 aromatic heterocycles. The van der Waals surface area contributed by atoms with Gasteiger partial charge in [0.05, 0.1) is 5.69 Å². The predicted octanol–water partition coefficient (Wildman–Crippen LogP) is 5.12. The quantitative estimate of drug-likeness (QED) is 0.365. The standard InChI is InChI=1S/C17H26N2O/c1-3-4-5-6-7-8-9-12-18-17-13-16(19-14-20)11-10-15(17)2/h10-11,13,18H,3-9,12H2,1-2H3. The van der Waals surface area contributed by atoms with Crippen molar-refractivity contribution in [3.05, 3.63) is 23.8 Å². The Hall–Kier alpha value is -1.60. The second-order valence-corrected chi connectivity index (χ2v) is 5.25. The van der Waals surface area contributed by atoms with Crippen LogP contribution in [0, 0.1) is 6.92 Å². The number of carbonyl (C=O) groups excluding carboxylic acids is 1. The molecule has 110 valence electrons. The first kappa shape index (κ1) is 16.5. The normalized spacial score (nSPS) is 10.1. The molecular weight excluding hydrogens is 248 g/mol. The van der Waals surface area contributed by atoms with Gasteiger partial charge in [0.25, 0.3) is 0 Å². The summed E-state index contributed by atoms with van der Waals surface area (Å²) in [5, 5.41) is 3.42. The zero-order valence-corrected chi connectivity index (χ0v) is 12.7. The molecular formula is C17H26N2O. The fraction of sp³-hybridized carbons (Fsp3) is 0.588. The van der Waals surface area contributed by atoms with E-state index >= 15 is 0 Å². The number of aryl methyl sites for hydroxylation is 1. The molecule has 0 heterocycles. The molecule has 20 heavy (non-hydrogen) atoms. The second-order valence-electron chi connectivity index (χ2n) is 5.25. The van der Waals surface area contributed by atoms with Crippen molar-refractivity contribution >= 4 is 17.5 Å². The van der Waals surface area contributed by atoms with E-state index in [4.69, 9.17) is 0 Å². The Bertz CT molecular complexity index is 437. The van der Waals surface area contributed by atoms with Crippen LogP contribution in [0.2, 0.25) is 0 Å². The van der Waals surface area contributed by atoms with Crippen LogP contribution in [-0.2, 0) is 4.79 Å². The molecule has 0 aliphatic heterocycles. The Kier molecular flexibility index (Phi) is 8.41. The van der Waals surface area contributed by atoms with Gasteiger partial charge < -0.3 is 5.32 Å². The first-order valence-corrected chi connectivity index (χ1v) is 7.70. The van der Waals surface area contributed by atoms with Crippen LogP contribution < -0.4 is 5.32 Å². The average Bonchev–Trinajstić information content (AvgIpc) is 2.45. The molecule has 1 aromatic carbocycles. The summed E-state index contributed by atoms with van der Waals surface area (Å²) in [5.74, 6) is 0. The summed E-state index contributed by atoms with van der Waals surface area (Å²) >= 11 is 0. The predicted molar refractivity (Wildman–Crippen MR) is 85.4 cm³/mol. The molecule has 1 aromatic rings. The van der Waals surface area contributed by atoms with E-state index in [1.165, 1.54) is 50.5 Å². The number of benzene rings is 1. The molecule has 3 nitrogen and oxygen atoms in total. The highest BCUT2D eigenvalue weighted by atomic mass is 16.1. The molecule has 0 spiro atoms. The van der Waals surface area contributed by atoms with Gasteiger partial charge in [-0.05, 0) is 31.0 Å². The minimum Gasteiger partial charge on any atom is -0.385 e. The molecule has 0 unspecified atom stereocenters. The van der Waals surface area contributed by atoms with E-state index in [-0.39, 0.29) is 0 Å². The fourth-order valence-electron chi connectivity index (χ4n) is 2.23. The highest BCUT2D eigenvalue weighted by Crippen LogP contribution is 2.22. The third-order valence-corrected chi connectivity index (χ3v) is 3.49. The van der Waals surface area contributed by atoms with Crippen LogP contribution in [0.5, 0.6) is 0 Å². The monoisotopic (exact) mass is 274 g/mol. The van der Waals surface area contributed by atoms with Crippen LogP contribution in [0.1, 0.15) is 57.4 Å². The Labute approximate surface area is 122 Å². The summed E-state index contributed by atoms with van der Waals surface area (Å²) < 4.78 is 0. The van der Waals surface area contributed by atoms with Crippen LogP contribution in [0.4, 0.5) is 11.4 Å². The lowest BCUT2D eigenvalue weighted by molar-refractivity contribution is 0.565. The number of aliphatic imine (C=N–C) groups is 1. The van der Waals surface area contributed by atoms with Gasteiger partial charge >= 0.3 is 0 Å². The summed E-state index contributed by atoms with van der Waals surface area (Å²) in [7, 11) is 0. The molecule has 0 fully saturated rings. The van der Waals surface area contributed by atoms with E-state index in [1.54, 1.807) is 6.08 Å². The van der Waals surface area contributed by atoms with Gasteiger partial charge in [0.2, 0.25) is 6.08 Å². The van der Waals surface area contributed by atoms with Gasteiger partial charge in [-0.15, -0.1) is 0 Å². The van der Waals surface area contributed by atoms with Crippen LogP contribution in [0.25, 0.3) is 0 Å². The van der Waals surface area contributed by atoms with Crippen molar-refractivity contribution in [1.29, 1.82) is 0 Å². The van der Waals surface area contributed by atoms with Crippen molar-refractivity contribution in [2.75, 3.05) is 11.9 Å². The van der Waals surface area contributed by atoms with Crippen molar-refractivity contribution in [2.45, 2.75) is 58.8 Å². The molecule has 0 saturated heterocycles. The molecule has 0 saturated carbocycles. The van der Waals surface area contributed by atoms with E-state index < -0.39 is 0 Å². The number of hydrogen-bond donors (Lipinski definition) is 1. The molecule has 3 heteroatoms. The first-order chi connectivity index (χ1) is 9.77. The molecule has 0 amide bonds. The van der Waals surface area contributed by atoms with Crippen molar-refractivity contribution in [3.8, 4) is 0 Å². The average molecular weight is 274 g/mol. The maximum Gasteiger partial charge on any atom is 0.240 e. The number of nitrogens with zero attached hydrogens (tertiary/aromatic N) is 1. The largest absolute Gasteiger partial charge is 0.385 e. The number of nitrogens with one attached hydrogen (secondary N) is 1. The molecule has 0 atom stereocenters. The molecule has 0 aliphatic carbocycles. The zero-order chi connectivity index (χ0) is 14.6. The third kappa shape index (κ3) is 6.53. The van der Waals surface area contributed by atoms with Gasteiger partial charge in [0.1, 0.15) is 0 Å². The number of hydrogen-bond acceptors (Lipinski definition) is 3. The maximum atomic E-state index is 10.3. The van der Waals surface area contributed by atoms with Crippen LogP contribution in [0.15, 0.2) is 23.2 Å².